The number of aromatic carboxylic acids is 1. The number of carbonyl (C=O) groups excluding carboxylic acids is 2. The molecule has 0 aromatic heterocycles. The topological polar surface area (TPSA) is 105 Å². The summed E-state index contributed by atoms with van der Waals surface area (Å²) in [5.41, 5.74) is 0.877. The molecule has 7 nitrogen and oxygen atoms in total. The zero-order valence-electron chi connectivity index (χ0n) is 14.0. The number of hydrogen-bond donors (Lipinski definition) is 3. The van der Waals surface area contributed by atoms with Crippen molar-refractivity contribution in [1.82, 2.24) is 5.32 Å². The summed E-state index contributed by atoms with van der Waals surface area (Å²) in [4.78, 5) is 34.8. The second-order valence-corrected chi connectivity index (χ2v) is 6.79. The number of carbonyl (C=O) groups is 3. The molecule has 0 aliphatic carbocycles. The van der Waals surface area contributed by atoms with E-state index in [2.05, 4.69) is 26.6 Å². The summed E-state index contributed by atoms with van der Waals surface area (Å²) in [7, 11) is 0. The largest absolute Gasteiger partial charge is 0.478 e. The van der Waals surface area contributed by atoms with E-state index in [4.69, 9.17) is 21.4 Å². The minimum atomic E-state index is -1.22. The number of anilines is 1. The van der Waals surface area contributed by atoms with Gasteiger partial charge in [0.15, 0.2) is 0 Å². The van der Waals surface area contributed by atoms with Gasteiger partial charge in [-0.1, -0.05) is 39.7 Å². The van der Waals surface area contributed by atoms with Crippen molar-refractivity contribution in [2.75, 3.05) is 18.5 Å². The average molecular weight is 456 g/mol. The van der Waals surface area contributed by atoms with Gasteiger partial charge < -0.3 is 20.5 Å². The lowest BCUT2D eigenvalue weighted by Crippen LogP contribution is -2.29. The molecule has 2 rings (SSSR count). The zero-order valence-corrected chi connectivity index (χ0v) is 16.3. The number of halogens is 2. The molecule has 0 saturated heterocycles. The van der Waals surface area contributed by atoms with Crippen LogP contribution in [0.2, 0.25) is 5.02 Å². The molecule has 2 aromatic carbocycles. The fourth-order valence-electron chi connectivity index (χ4n) is 2.12. The van der Waals surface area contributed by atoms with Gasteiger partial charge in [0, 0.05) is 16.0 Å². The second kappa shape index (κ2) is 10.1. The molecular weight excluding hydrogens is 440 g/mol. The quantitative estimate of drug-likeness (QED) is 0.567. The Balaban J connectivity index is 1.76. The average Bonchev–Trinajstić information content (AvgIpc) is 2.61. The molecule has 0 aliphatic rings. The van der Waals surface area contributed by atoms with Gasteiger partial charge in [-0.05, 0) is 35.9 Å². The molecule has 0 atom stereocenters. The van der Waals surface area contributed by atoms with Gasteiger partial charge in [-0.3, -0.25) is 9.59 Å². The molecule has 27 heavy (non-hydrogen) atoms. The Labute approximate surface area is 168 Å². The maximum atomic E-state index is 11.9. The summed E-state index contributed by atoms with van der Waals surface area (Å²) in [6, 6.07) is 11.5. The van der Waals surface area contributed by atoms with Crippen molar-refractivity contribution < 1.29 is 24.2 Å². The number of benzene rings is 2. The van der Waals surface area contributed by atoms with E-state index in [1.165, 1.54) is 18.2 Å². The zero-order chi connectivity index (χ0) is 19.8. The van der Waals surface area contributed by atoms with E-state index in [1.807, 2.05) is 24.3 Å². The van der Waals surface area contributed by atoms with Crippen molar-refractivity contribution in [2.45, 2.75) is 6.54 Å². The maximum Gasteiger partial charge on any atom is 0.337 e. The van der Waals surface area contributed by atoms with Gasteiger partial charge in [-0.2, -0.15) is 0 Å². The molecule has 0 radical (unpaired) electrons. The first-order valence-corrected chi connectivity index (χ1v) is 8.94. The van der Waals surface area contributed by atoms with E-state index in [9.17, 15) is 14.4 Å². The minimum Gasteiger partial charge on any atom is -0.478 e. The lowest BCUT2D eigenvalue weighted by atomic mass is 10.2. The van der Waals surface area contributed by atoms with Crippen molar-refractivity contribution in [3.05, 3.63) is 63.1 Å². The van der Waals surface area contributed by atoms with Gasteiger partial charge in [0.05, 0.1) is 11.3 Å². The van der Waals surface area contributed by atoms with E-state index in [1.54, 1.807) is 0 Å². The van der Waals surface area contributed by atoms with Gasteiger partial charge in [0.25, 0.3) is 0 Å². The molecule has 0 saturated carbocycles. The first-order valence-electron chi connectivity index (χ1n) is 7.76. The van der Waals surface area contributed by atoms with Crippen LogP contribution in [0.1, 0.15) is 15.9 Å². The smallest absolute Gasteiger partial charge is 0.337 e. The van der Waals surface area contributed by atoms with Crippen LogP contribution in [0.15, 0.2) is 46.9 Å². The van der Waals surface area contributed by atoms with Crippen LogP contribution in [0.5, 0.6) is 0 Å². The molecule has 0 heterocycles. The summed E-state index contributed by atoms with van der Waals surface area (Å²) < 4.78 is 5.97. The molecule has 2 amide bonds. The lowest BCUT2D eigenvalue weighted by Gasteiger charge is -2.10. The lowest BCUT2D eigenvalue weighted by molar-refractivity contribution is -0.128. The third-order valence-corrected chi connectivity index (χ3v) is 4.06. The Kier molecular flexibility index (Phi) is 7.78. The molecule has 0 fully saturated rings. The Hall–Kier alpha value is -2.42. The molecule has 0 aliphatic heterocycles. The molecule has 9 heteroatoms. The third kappa shape index (κ3) is 7.01. The minimum absolute atomic E-state index is 0.0969. The van der Waals surface area contributed by atoms with Crippen LogP contribution in [-0.4, -0.2) is 36.1 Å². The van der Waals surface area contributed by atoms with E-state index >= 15 is 0 Å². The predicted molar refractivity (Wildman–Crippen MR) is 104 cm³/mol. The van der Waals surface area contributed by atoms with Crippen LogP contribution in [-0.2, 0) is 20.9 Å². The Morgan fingerprint density at radius 3 is 2.52 bits per heavy atom. The molecule has 3 N–H and O–H groups in total. The van der Waals surface area contributed by atoms with Crippen LogP contribution < -0.4 is 10.6 Å². The van der Waals surface area contributed by atoms with E-state index in [0.717, 1.165) is 10.0 Å². The van der Waals surface area contributed by atoms with Gasteiger partial charge in [-0.25, -0.2) is 4.79 Å². The number of carboxylic acid groups (broad SMARTS) is 1. The van der Waals surface area contributed by atoms with Crippen LogP contribution in [0.3, 0.4) is 0 Å². The first-order chi connectivity index (χ1) is 12.8. The van der Waals surface area contributed by atoms with Gasteiger partial charge in [0.2, 0.25) is 11.8 Å². The third-order valence-electron chi connectivity index (χ3n) is 3.33. The van der Waals surface area contributed by atoms with Gasteiger partial charge in [-0.15, -0.1) is 0 Å². The highest BCUT2D eigenvalue weighted by atomic mass is 79.9. The number of ether oxygens (including phenoxy) is 1. The standard InChI is InChI=1S/C18H16BrClN2O5/c19-12-3-1-2-11(6-12)8-21-16(23)9-27-10-17(24)22-15-5-4-13(20)7-14(15)18(25)26/h1-7H,8-10H2,(H,21,23)(H,22,24)(H,25,26). The highest BCUT2D eigenvalue weighted by Gasteiger charge is 2.13. The Morgan fingerprint density at radius 2 is 1.81 bits per heavy atom. The maximum absolute atomic E-state index is 11.9. The van der Waals surface area contributed by atoms with Crippen LogP contribution in [0.4, 0.5) is 5.69 Å². The Morgan fingerprint density at radius 1 is 1.07 bits per heavy atom. The summed E-state index contributed by atoms with van der Waals surface area (Å²) in [5, 5.41) is 14.5. The molecule has 0 unspecified atom stereocenters. The molecule has 0 bridgehead atoms. The first kappa shape index (κ1) is 20.9. The van der Waals surface area contributed by atoms with Crippen molar-refractivity contribution in [3.63, 3.8) is 0 Å². The number of amides is 2. The normalized spacial score (nSPS) is 10.3. The van der Waals surface area contributed by atoms with Crippen molar-refractivity contribution in [3.8, 4) is 0 Å². The monoisotopic (exact) mass is 454 g/mol. The predicted octanol–water partition coefficient (Wildman–Crippen LogP) is 3.07. The van der Waals surface area contributed by atoms with Crippen LogP contribution in [0, 0.1) is 0 Å². The van der Waals surface area contributed by atoms with E-state index in [-0.39, 0.29) is 28.8 Å². The highest BCUT2D eigenvalue weighted by molar-refractivity contribution is 9.10. The fourth-order valence-corrected chi connectivity index (χ4v) is 2.74. The van der Waals surface area contributed by atoms with Gasteiger partial charge in [0.1, 0.15) is 13.2 Å². The SMILES string of the molecule is O=C(COCC(=O)Nc1ccc(Cl)cc1C(=O)O)NCc1cccc(Br)c1. The van der Waals surface area contributed by atoms with Crippen molar-refractivity contribution in [2.24, 2.45) is 0 Å². The summed E-state index contributed by atoms with van der Waals surface area (Å²) in [6.07, 6.45) is 0. The molecular formula is C18H16BrClN2O5. The van der Waals surface area contributed by atoms with Crippen molar-refractivity contribution in [1.29, 1.82) is 0 Å². The van der Waals surface area contributed by atoms with Crippen LogP contribution >= 0.6 is 27.5 Å². The number of hydrogen-bond acceptors (Lipinski definition) is 4. The molecule has 2 aromatic rings. The summed E-state index contributed by atoms with van der Waals surface area (Å²) in [5.74, 6) is -2.18. The summed E-state index contributed by atoms with van der Waals surface area (Å²) >= 11 is 9.10. The molecule has 0 spiro atoms. The second-order valence-electron chi connectivity index (χ2n) is 5.44. The van der Waals surface area contributed by atoms with E-state index < -0.39 is 18.5 Å². The van der Waals surface area contributed by atoms with Gasteiger partial charge >= 0.3 is 5.97 Å². The van der Waals surface area contributed by atoms with Crippen molar-refractivity contribution >= 4 is 51.0 Å². The number of nitrogens with one attached hydrogen (secondary N) is 2. The highest BCUT2D eigenvalue weighted by Crippen LogP contribution is 2.20. The Bertz CT molecular complexity index is 859. The number of carboxylic acids is 1. The summed E-state index contributed by atoms with van der Waals surface area (Å²) in [6.45, 7) is -0.361. The van der Waals surface area contributed by atoms with Crippen LogP contribution in [0.25, 0.3) is 0 Å². The van der Waals surface area contributed by atoms with E-state index in [0.29, 0.717) is 6.54 Å². The molecule has 142 valence electrons. The fraction of sp³-hybridized carbons (Fsp3) is 0.167. The number of rotatable bonds is 8.